The van der Waals surface area contributed by atoms with Crippen LogP contribution in [0.4, 0.5) is 4.39 Å². The lowest BCUT2D eigenvalue weighted by Crippen LogP contribution is -2.30. The van der Waals surface area contributed by atoms with Crippen molar-refractivity contribution in [1.29, 1.82) is 0 Å². The topological polar surface area (TPSA) is 106 Å². The number of nitrogens with two attached hydrogens (primary N) is 1. The van der Waals surface area contributed by atoms with Gasteiger partial charge in [-0.05, 0) is 53.9 Å². The lowest BCUT2D eigenvalue weighted by Gasteiger charge is -2.11. The highest BCUT2D eigenvalue weighted by atomic mass is 32.2. The smallest absolute Gasteiger partial charge is 0.248 e. The summed E-state index contributed by atoms with van der Waals surface area (Å²) in [6.45, 7) is 0.899. The minimum atomic E-state index is -4.11. The molecule has 6 nitrogen and oxygen atoms in total. The van der Waals surface area contributed by atoms with Gasteiger partial charge in [-0.1, -0.05) is 36.4 Å². The van der Waals surface area contributed by atoms with E-state index >= 15 is 0 Å². The zero-order chi connectivity index (χ0) is 21.9. The highest BCUT2D eigenvalue weighted by Gasteiger charge is 2.20. The predicted molar refractivity (Wildman–Crippen MR) is 111 cm³/mol. The molecule has 154 valence electrons. The molecule has 3 aromatic carbocycles. The summed E-state index contributed by atoms with van der Waals surface area (Å²) in [5, 5.41) is 0. The summed E-state index contributed by atoms with van der Waals surface area (Å²) in [4.78, 5) is 23.7. The van der Waals surface area contributed by atoms with Gasteiger partial charge in [0.15, 0.2) is 5.78 Å². The number of hydrogen-bond acceptors (Lipinski definition) is 4. The van der Waals surface area contributed by atoms with Gasteiger partial charge in [0.25, 0.3) is 0 Å². The number of benzene rings is 3. The molecule has 1 amide bonds. The number of aryl methyl sites for hydroxylation is 1. The molecule has 0 aliphatic heterocycles. The molecule has 0 atom stereocenters. The first-order valence-corrected chi connectivity index (χ1v) is 10.5. The van der Waals surface area contributed by atoms with Gasteiger partial charge in [-0.15, -0.1) is 0 Å². The van der Waals surface area contributed by atoms with Crippen LogP contribution in [0, 0.1) is 12.7 Å². The highest BCUT2D eigenvalue weighted by molar-refractivity contribution is 7.89. The molecule has 0 radical (unpaired) electrons. The number of nitrogens with one attached hydrogen (secondary N) is 1. The number of hydrogen-bond donors (Lipinski definition) is 2. The van der Waals surface area contributed by atoms with E-state index in [2.05, 4.69) is 4.72 Å². The highest BCUT2D eigenvalue weighted by Crippen LogP contribution is 2.25. The zero-order valence-electron chi connectivity index (χ0n) is 16.1. The molecule has 0 heterocycles. The van der Waals surface area contributed by atoms with Crippen LogP contribution in [0.5, 0.6) is 0 Å². The molecule has 0 aliphatic rings. The number of halogens is 1. The van der Waals surface area contributed by atoms with Crippen LogP contribution in [0.2, 0.25) is 0 Å². The first kappa shape index (κ1) is 21.4. The van der Waals surface area contributed by atoms with Crippen molar-refractivity contribution >= 4 is 21.7 Å². The van der Waals surface area contributed by atoms with E-state index < -0.39 is 34.1 Å². The molecule has 0 aromatic heterocycles. The van der Waals surface area contributed by atoms with Gasteiger partial charge in [-0.25, -0.2) is 17.5 Å². The van der Waals surface area contributed by atoms with Crippen molar-refractivity contribution in [2.75, 3.05) is 6.54 Å². The van der Waals surface area contributed by atoms with Gasteiger partial charge in [0.05, 0.1) is 17.0 Å². The van der Waals surface area contributed by atoms with Crippen LogP contribution in [0.15, 0.2) is 71.6 Å². The van der Waals surface area contributed by atoms with E-state index in [0.29, 0.717) is 5.56 Å². The fourth-order valence-electron chi connectivity index (χ4n) is 2.93. The standard InChI is InChI=1S/C22H19FN2O4S/c1-14-10-17(15-6-3-2-4-7-15)12-19(21(14)23)20(26)13-25-30(28,29)18-9-5-8-16(11-18)22(24)27/h2-12,25H,13H2,1H3,(H2,24,27). The Morgan fingerprint density at radius 3 is 2.33 bits per heavy atom. The second-order valence-corrected chi connectivity index (χ2v) is 8.43. The molecule has 0 fully saturated rings. The van der Waals surface area contributed by atoms with Gasteiger partial charge in [0, 0.05) is 5.56 Å². The van der Waals surface area contributed by atoms with E-state index in [0.717, 1.165) is 11.6 Å². The minimum absolute atomic E-state index is 0.0152. The van der Waals surface area contributed by atoms with E-state index in [1.807, 2.05) is 30.3 Å². The summed E-state index contributed by atoms with van der Waals surface area (Å²) in [5.41, 5.74) is 6.70. The summed E-state index contributed by atoms with van der Waals surface area (Å²) in [6, 6.07) is 17.3. The summed E-state index contributed by atoms with van der Waals surface area (Å²) in [5.74, 6) is -2.20. The van der Waals surface area contributed by atoms with Crippen LogP contribution in [0.25, 0.3) is 11.1 Å². The zero-order valence-corrected chi connectivity index (χ0v) is 16.9. The molecule has 3 N–H and O–H groups in total. The molecule has 0 saturated carbocycles. The minimum Gasteiger partial charge on any atom is -0.366 e. The third-order valence-corrected chi connectivity index (χ3v) is 5.91. The van der Waals surface area contributed by atoms with Crippen LogP contribution in [-0.4, -0.2) is 26.7 Å². The molecular formula is C22H19FN2O4S. The normalized spacial score (nSPS) is 11.3. The maximum absolute atomic E-state index is 14.6. The molecule has 3 aromatic rings. The number of sulfonamides is 1. The lowest BCUT2D eigenvalue weighted by molar-refractivity contribution is 0.0987. The molecule has 0 aliphatic carbocycles. The second kappa shape index (κ2) is 8.56. The quantitative estimate of drug-likeness (QED) is 0.566. The van der Waals surface area contributed by atoms with E-state index in [4.69, 9.17) is 5.73 Å². The fraction of sp³-hybridized carbons (Fsp3) is 0.0909. The number of Topliss-reactive ketones (excluding diaryl/α,β-unsaturated/α-hetero) is 1. The molecule has 3 rings (SSSR count). The van der Waals surface area contributed by atoms with E-state index in [-0.39, 0.29) is 21.6 Å². The maximum Gasteiger partial charge on any atom is 0.248 e. The van der Waals surface area contributed by atoms with Gasteiger partial charge in [0.1, 0.15) is 5.82 Å². The Balaban J connectivity index is 1.85. The van der Waals surface area contributed by atoms with E-state index in [9.17, 15) is 22.4 Å². The largest absolute Gasteiger partial charge is 0.366 e. The Hall–Kier alpha value is -3.36. The molecule has 8 heteroatoms. The number of amides is 1. The average Bonchev–Trinajstić information content (AvgIpc) is 2.74. The van der Waals surface area contributed by atoms with Crippen molar-refractivity contribution < 1.29 is 22.4 Å². The van der Waals surface area contributed by atoms with Crippen LogP contribution in [0.3, 0.4) is 0 Å². The second-order valence-electron chi connectivity index (χ2n) is 6.66. The number of rotatable bonds is 7. The first-order valence-electron chi connectivity index (χ1n) is 8.97. The molecule has 0 saturated heterocycles. The number of primary amides is 1. The van der Waals surface area contributed by atoms with Crippen molar-refractivity contribution in [2.24, 2.45) is 5.73 Å². The van der Waals surface area contributed by atoms with Crippen molar-refractivity contribution in [3.05, 3.63) is 89.2 Å². The molecular weight excluding hydrogens is 407 g/mol. The molecule has 0 unspecified atom stereocenters. The average molecular weight is 426 g/mol. The summed E-state index contributed by atoms with van der Waals surface area (Å²) in [6.07, 6.45) is 0. The van der Waals surface area contributed by atoms with Gasteiger partial charge in [0.2, 0.25) is 15.9 Å². The van der Waals surface area contributed by atoms with Crippen LogP contribution in [-0.2, 0) is 10.0 Å². The fourth-order valence-corrected chi connectivity index (χ4v) is 3.95. The van der Waals surface area contributed by atoms with Crippen LogP contribution in [0.1, 0.15) is 26.3 Å². The lowest BCUT2D eigenvalue weighted by atomic mass is 9.98. The van der Waals surface area contributed by atoms with E-state index in [1.165, 1.54) is 31.2 Å². The predicted octanol–water partition coefficient (Wildman–Crippen LogP) is 3.06. The Labute approximate surface area is 173 Å². The van der Waals surface area contributed by atoms with Crippen molar-refractivity contribution in [1.82, 2.24) is 4.72 Å². The first-order chi connectivity index (χ1) is 14.2. The summed E-state index contributed by atoms with van der Waals surface area (Å²) < 4.78 is 41.7. The van der Waals surface area contributed by atoms with Crippen molar-refractivity contribution in [3.8, 4) is 11.1 Å². The monoisotopic (exact) mass is 426 g/mol. The Kier molecular flexibility index (Phi) is 6.09. The molecule has 0 spiro atoms. The molecule has 30 heavy (non-hydrogen) atoms. The SMILES string of the molecule is Cc1cc(-c2ccccc2)cc(C(=O)CNS(=O)(=O)c2cccc(C(N)=O)c2)c1F. The number of ketones is 1. The summed E-state index contributed by atoms with van der Waals surface area (Å²) in [7, 11) is -4.11. The van der Waals surface area contributed by atoms with Gasteiger partial charge in [-0.2, -0.15) is 0 Å². The van der Waals surface area contributed by atoms with Gasteiger partial charge >= 0.3 is 0 Å². The Morgan fingerprint density at radius 2 is 1.67 bits per heavy atom. The Morgan fingerprint density at radius 1 is 0.967 bits per heavy atom. The van der Waals surface area contributed by atoms with Crippen molar-refractivity contribution in [3.63, 3.8) is 0 Å². The maximum atomic E-state index is 14.6. The number of carbonyl (C=O) groups is 2. The van der Waals surface area contributed by atoms with Crippen molar-refractivity contribution in [2.45, 2.75) is 11.8 Å². The van der Waals surface area contributed by atoms with Crippen LogP contribution >= 0.6 is 0 Å². The van der Waals surface area contributed by atoms with Crippen LogP contribution < -0.4 is 10.5 Å². The van der Waals surface area contributed by atoms with Gasteiger partial charge < -0.3 is 5.73 Å². The van der Waals surface area contributed by atoms with E-state index in [1.54, 1.807) is 6.07 Å². The van der Waals surface area contributed by atoms with Gasteiger partial charge in [-0.3, -0.25) is 9.59 Å². The third-order valence-electron chi connectivity index (χ3n) is 4.51. The third kappa shape index (κ3) is 4.61. The summed E-state index contributed by atoms with van der Waals surface area (Å²) >= 11 is 0. The molecule has 0 bridgehead atoms. The Bertz CT molecular complexity index is 1230. The number of carbonyl (C=O) groups excluding carboxylic acids is 2.